The second kappa shape index (κ2) is 15.4. The highest BCUT2D eigenvalue weighted by molar-refractivity contribution is 5.96. The zero-order chi connectivity index (χ0) is 36.9. The molecule has 0 spiro atoms. The van der Waals surface area contributed by atoms with Crippen molar-refractivity contribution in [3.63, 3.8) is 0 Å². The van der Waals surface area contributed by atoms with Crippen LogP contribution >= 0.6 is 0 Å². The zero-order valence-corrected chi connectivity index (χ0v) is 29.9. The first-order chi connectivity index (χ1) is 24.3. The molecular formula is C39H48N4O8. The van der Waals surface area contributed by atoms with Gasteiger partial charge in [0.2, 0.25) is 11.8 Å². The summed E-state index contributed by atoms with van der Waals surface area (Å²) in [6.07, 6.45) is 3.12. The number of hydrogen-bond donors (Lipinski definition) is 3. The van der Waals surface area contributed by atoms with Gasteiger partial charge >= 0.3 is 12.1 Å². The molecule has 272 valence electrons. The van der Waals surface area contributed by atoms with E-state index in [2.05, 4.69) is 17.2 Å². The summed E-state index contributed by atoms with van der Waals surface area (Å²) in [5.74, 6) is -1.57. The maximum absolute atomic E-state index is 14.4. The van der Waals surface area contributed by atoms with Crippen molar-refractivity contribution in [2.45, 2.75) is 95.5 Å². The molecule has 2 aliphatic rings. The molecule has 1 aromatic heterocycles. The molecule has 2 fully saturated rings. The van der Waals surface area contributed by atoms with Crippen LogP contribution in [0.2, 0.25) is 0 Å². The van der Waals surface area contributed by atoms with Gasteiger partial charge in [-0.05, 0) is 45.7 Å². The lowest BCUT2D eigenvalue weighted by atomic mass is 10.1. The summed E-state index contributed by atoms with van der Waals surface area (Å²) >= 11 is 0. The summed E-state index contributed by atoms with van der Waals surface area (Å²) in [6, 6.07) is 14.9. The number of rotatable bonds is 14. The summed E-state index contributed by atoms with van der Waals surface area (Å²) in [5.41, 5.74) is -0.112. The lowest BCUT2D eigenvalue weighted by Gasteiger charge is -2.30. The molecule has 12 heteroatoms. The largest absolute Gasteiger partial charge is 0.497 e. The SMILES string of the molecule is C=CC1C[C@]1(NC(=O)[C@@H]1C[C@@H](Oc2cc(-c3ccccc3)nc3cc(OC)ccc23)CN1C(=O)[C@H](CCCCC)NC(=O)OC(C)(C)C)C(=O)O. The van der Waals surface area contributed by atoms with E-state index in [1.54, 1.807) is 33.9 Å². The van der Waals surface area contributed by atoms with Gasteiger partial charge in [-0.25, -0.2) is 14.6 Å². The van der Waals surface area contributed by atoms with Crippen LogP contribution in [-0.2, 0) is 19.1 Å². The number of nitrogens with one attached hydrogen (secondary N) is 2. The number of amides is 3. The molecule has 1 saturated heterocycles. The van der Waals surface area contributed by atoms with Gasteiger partial charge in [0.1, 0.15) is 40.8 Å². The molecule has 1 unspecified atom stereocenters. The Hall–Kier alpha value is -5.13. The van der Waals surface area contributed by atoms with Gasteiger partial charge in [-0.15, -0.1) is 6.58 Å². The number of methoxy groups -OCH3 is 1. The Morgan fingerprint density at radius 2 is 1.86 bits per heavy atom. The van der Waals surface area contributed by atoms with Gasteiger partial charge in [0, 0.05) is 35.4 Å². The Bertz CT molecular complexity index is 1770. The zero-order valence-electron chi connectivity index (χ0n) is 29.9. The van der Waals surface area contributed by atoms with Gasteiger partial charge in [-0.3, -0.25) is 9.59 Å². The predicted octanol–water partition coefficient (Wildman–Crippen LogP) is 5.88. The van der Waals surface area contributed by atoms with E-state index in [4.69, 9.17) is 19.2 Å². The van der Waals surface area contributed by atoms with Gasteiger partial charge < -0.3 is 34.9 Å². The number of fused-ring (bicyclic) bond motifs is 1. The van der Waals surface area contributed by atoms with E-state index in [1.807, 2.05) is 55.5 Å². The van der Waals surface area contributed by atoms with Crippen molar-refractivity contribution in [1.29, 1.82) is 0 Å². The summed E-state index contributed by atoms with van der Waals surface area (Å²) in [5, 5.41) is 16.2. The molecule has 3 aromatic rings. The fraction of sp³-hybridized carbons (Fsp3) is 0.462. The number of aliphatic carboxylic acids is 1. The van der Waals surface area contributed by atoms with E-state index in [-0.39, 0.29) is 19.4 Å². The topological polar surface area (TPSA) is 156 Å². The van der Waals surface area contributed by atoms with Crippen LogP contribution in [0.15, 0.2) is 67.3 Å². The first kappa shape index (κ1) is 37.1. The van der Waals surface area contributed by atoms with Crippen LogP contribution in [0.4, 0.5) is 4.79 Å². The van der Waals surface area contributed by atoms with Crippen molar-refractivity contribution in [2.75, 3.05) is 13.7 Å². The normalized spacial score (nSPS) is 21.7. The predicted molar refractivity (Wildman–Crippen MR) is 192 cm³/mol. The quantitative estimate of drug-likeness (QED) is 0.138. The highest BCUT2D eigenvalue weighted by Gasteiger charge is 2.61. The van der Waals surface area contributed by atoms with Gasteiger partial charge in [0.05, 0.1) is 24.9 Å². The number of carboxylic acids is 1. The monoisotopic (exact) mass is 700 g/mol. The second-order valence-corrected chi connectivity index (χ2v) is 14.2. The van der Waals surface area contributed by atoms with Crippen LogP contribution in [0.3, 0.4) is 0 Å². The average Bonchev–Trinajstić information content (AvgIpc) is 3.66. The highest BCUT2D eigenvalue weighted by atomic mass is 16.6. The molecule has 1 saturated carbocycles. The number of unbranched alkanes of at least 4 members (excludes halogenated alkanes) is 2. The number of carbonyl (C=O) groups excluding carboxylic acids is 3. The minimum atomic E-state index is -1.49. The van der Waals surface area contributed by atoms with Crippen molar-refractivity contribution in [3.05, 3.63) is 67.3 Å². The van der Waals surface area contributed by atoms with Crippen LogP contribution in [0.25, 0.3) is 22.2 Å². The molecule has 2 heterocycles. The minimum Gasteiger partial charge on any atom is -0.497 e. The van der Waals surface area contributed by atoms with Gasteiger partial charge in [-0.2, -0.15) is 0 Å². The number of benzene rings is 2. The van der Waals surface area contributed by atoms with Crippen molar-refractivity contribution < 1.29 is 38.5 Å². The van der Waals surface area contributed by atoms with Crippen LogP contribution in [0, 0.1) is 5.92 Å². The number of aromatic nitrogens is 1. The fourth-order valence-electron chi connectivity index (χ4n) is 6.54. The van der Waals surface area contributed by atoms with Crippen LogP contribution in [0.1, 0.15) is 66.2 Å². The van der Waals surface area contributed by atoms with Gasteiger partial charge in [0.15, 0.2) is 0 Å². The number of carbonyl (C=O) groups is 4. The number of pyridine rings is 1. The molecule has 5 rings (SSSR count). The van der Waals surface area contributed by atoms with Gasteiger partial charge in [0.25, 0.3) is 0 Å². The van der Waals surface area contributed by atoms with Crippen LogP contribution in [-0.4, -0.2) is 81.8 Å². The molecule has 5 atom stereocenters. The minimum absolute atomic E-state index is 0.0167. The molecule has 2 aromatic carbocycles. The Balaban J connectivity index is 1.49. The smallest absolute Gasteiger partial charge is 0.408 e. The van der Waals surface area contributed by atoms with E-state index < -0.39 is 59.1 Å². The number of carboxylic acid groups (broad SMARTS) is 1. The van der Waals surface area contributed by atoms with Crippen molar-refractivity contribution in [2.24, 2.45) is 5.92 Å². The van der Waals surface area contributed by atoms with E-state index in [9.17, 15) is 24.3 Å². The maximum Gasteiger partial charge on any atom is 0.408 e. The van der Waals surface area contributed by atoms with Crippen molar-refractivity contribution in [1.82, 2.24) is 20.5 Å². The van der Waals surface area contributed by atoms with Crippen LogP contribution in [0.5, 0.6) is 11.5 Å². The molecule has 51 heavy (non-hydrogen) atoms. The highest BCUT2D eigenvalue weighted by Crippen LogP contribution is 2.45. The molecule has 0 radical (unpaired) electrons. The molecule has 12 nitrogen and oxygen atoms in total. The van der Waals surface area contributed by atoms with Crippen molar-refractivity contribution in [3.8, 4) is 22.8 Å². The standard InChI is InChI=1S/C39H48N4O8/c1-7-9-11-16-29(41-37(48)51-38(3,4)5)35(45)43-23-27(20-32(43)34(44)42-39(36(46)47)22-25(39)8-2)50-33-21-30(24-14-12-10-13-15-24)40-31-19-26(49-6)17-18-28(31)33/h8,10,12-15,17-19,21,25,27,29,32H,2,7,9,11,16,20,22-23H2,1,3-6H3,(H,41,48)(H,42,44)(H,46,47)/t25?,27-,29+,32+,39-/m1/s1. The van der Waals surface area contributed by atoms with E-state index in [0.29, 0.717) is 40.9 Å². The number of alkyl carbamates (subject to hydrolysis) is 1. The Kier molecular flexibility index (Phi) is 11.2. The molecule has 3 N–H and O–H groups in total. The van der Waals surface area contributed by atoms with Gasteiger partial charge in [-0.1, -0.05) is 62.6 Å². The summed E-state index contributed by atoms with van der Waals surface area (Å²) < 4.78 is 17.6. The Morgan fingerprint density at radius 1 is 1.12 bits per heavy atom. The lowest BCUT2D eigenvalue weighted by Crippen LogP contribution is -2.56. The number of nitrogens with zero attached hydrogens (tertiary/aromatic N) is 2. The lowest BCUT2D eigenvalue weighted by molar-refractivity contribution is -0.145. The summed E-state index contributed by atoms with van der Waals surface area (Å²) in [6.45, 7) is 11.0. The summed E-state index contributed by atoms with van der Waals surface area (Å²) in [4.78, 5) is 59.8. The van der Waals surface area contributed by atoms with E-state index >= 15 is 0 Å². The third kappa shape index (κ3) is 8.61. The summed E-state index contributed by atoms with van der Waals surface area (Å²) in [7, 11) is 1.58. The maximum atomic E-state index is 14.4. The molecule has 1 aliphatic heterocycles. The average molecular weight is 701 g/mol. The molecule has 0 bridgehead atoms. The Morgan fingerprint density at radius 3 is 2.49 bits per heavy atom. The van der Waals surface area contributed by atoms with Crippen LogP contribution < -0.4 is 20.1 Å². The third-order valence-corrected chi connectivity index (χ3v) is 9.30. The van der Waals surface area contributed by atoms with E-state index in [0.717, 1.165) is 18.4 Å². The molecular weight excluding hydrogens is 652 g/mol. The molecule has 1 aliphatic carbocycles. The van der Waals surface area contributed by atoms with E-state index in [1.165, 1.54) is 11.0 Å². The number of hydrogen-bond acceptors (Lipinski definition) is 8. The number of ether oxygens (including phenoxy) is 3. The number of likely N-dealkylation sites (tertiary alicyclic amines) is 1. The van der Waals surface area contributed by atoms with Crippen molar-refractivity contribution >= 4 is 34.8 Å². The fourth-order valence-corrected chi connectivity index (χ4v) is 6.54. The molecule has 3 amide bonds. The Labute approximate surface area is 298 Å². The second-order valence-electron chi connectivity index (χ2n) is 14.2. The first-order valence-electron chi connectivity index (χ1n) is 17.5. The third-order valence-electron chi connectivity index (χ3n) is 9.30. The first-order valence-corrected chi connectivity index (χ1v) is 17.5.